The number of para-hydroxylation sites is 1. The van der Waals surface area contributed by atoms with Gasteiger partial charge in [-0.15, -0.1) is 0 Å². The molecule has 4 nitrogen and oxygen atoms in total. The first-order valence-corrected chi connectivity index (χ1v) is 7.03. The Bertz CT molecular complexity index is 815. The summed E-state index contributed by atoms with van der Waals surface area (Å²) >= 11 is 0. The summed E-state index contributed by atoms with van der Waals surface area (Å²) in [6, 6.07) is 19.0. The zero-order valence-corrected chi connectivity index (χ0v) is 12.2. The van der Waals surface area contributed by atoms with Crippen LogP contribution in [-0.4, -0.2) is 18.0 Å². The maximum atomic E-state index is 12.2. The highest BCUT2D eigenvalue weighted by molar-refractivity contribution is 5.94. The fraction of sp³-hybridized carbons (Fsp3) is 0.111. The number of aromatic nitrogens is 1. The Morgan fingerprint density at radius 1 is 1.09 bits per heavy atom. The number of amides is 1. The fourth-order valence-electron chi connectivity index (χ4n) is 2.25. The van der Waals surface area contributed by atoms with Crippen molar-refractivity contribution in [2.24, 2.45) is 0 Å². The van der Waals surface area contributed by atoms with Crippen molar-refractivity contribution in [3.8, 4) is 5.75 Å². The standard InChI is InChI=1S/C18H16N2O2/c1-22-15-7-4-5-13(11-15)12-19-18(21)17-10-9-14-6-2-3-8-16(14)20-17/h2-11H,12H2,1H3,(H,19,21). The van der Waals surface area contributed by atoms with E-state index in [0.717, 1.165) is 22.2 Å². The van der Waals surface area contributed by atoms with E-state index in [4.69, 9.17) is 4.74 Å². The number of rotatable bonds is 4. The average molecular weight is 292 g/mol. The summed E-state index contributed by atoms with van der Waals surface area (Å²) in [5, 5.41) is 3.89. The number of fused-ring (bicyclic) bond motifs is 1. The van der Waals surface area contributed by atoms with Crippen molar-refractivity contribution in [1.29, 1.82) is 0 Å². The Morgan fingerprint density at radius 2 is 1.95 bits per heavy atom. The zero-order chi connectivity index (χ0) is 15.4. The Morgan fingerprint density at radius 3 is 2.82 bits per heavy atom. The predicted octanol–water partition coefficient (Wildman–Crippen LogP) is 3.17. The van der Waals surface area contributed by atoms with Crippen LogP contribution in [0.3, 0.4) is 0 Å². The van der Waals surface area contributed by atoms with E-state index in [1.165, 1.54) is 0 Å². The molecule has 0 aliphatic heterocycles. The van der Waals surface area contributed by atoms with Crippen LogP contribution in [0.25, 0.3) is 10.9 Å². The van der Waals surface area contributed by atoms with Crippen LogP contribution >= 0.6 is 0 Å². The van der Waals surface area contributed by atoms with Gasteiger partial charge in [-0.3, -0.25) is 4.79 Å². The highest BCUT2D eigenvalue weighted by Gasteiger charge is 2.08. The van der Waals surface area contributed by atoms with E-state index in [9.17, 15) is 4.79 Å². The van der Waals surface area contributed by atoms with Gasteiger partial charge in [0.1, 0.15) is 11.4 Å². The normalized spacial score (nSPS) is 10.4. The summed E-state index contributed by atoms with van der Waals surface area (Å²) in [7, 11) is 1.62. The number of hydrogen-bond donors (Lipinski definition) is 1. The highest BCUT2D eigenvalue weighted by Crippen LogP contribution is 2.13. The molecule has 3 rings (SSSR count). The number of nitrogens with one attached hydrogen (secondary N) is 1. The third-order valence-electron chi connectivity index (χ3n) is 3.42. The zero-order valence-electron chi connectivity index (χ0n) is 12.2. The molecule has 3 aromatic rings. The summed E-state index contributed by atoms with van der Waals surface area (Å²) in [6.07, 6.45) is 0. The minimum Gasteiger partial charge on any atom is -0.497 e. The van der Waals surface area contributed by atoms with Gasteiger partial charge in [0.05, 0.1) is 12.6 Å². The quantitative estimate of drug-likeness (QED) is 0.803. The number of hydrogen-bond acceptors (Lipinski definition) is 3. The van der Waals surface area contributed by atoms with E-state index < -0.39 is 0 Å². The third kappa shape index (κ3) is 3.06. The van der Waals surface area contributed by atoms with Gasteiger partial charge in [0.25, 0.3) is 5.91 Å². The lowest BCUT2D eigenvalue weighted by molar-refractivity contribution is 0.0946. The van der Waals surface area contributed by atoms with Gasteiger partial charge in [-0.25, -0.2) is 4.98 Å². The number of pyridine rings is 1. The number of methoxy groups -OCH3 is 1. The van der Waals surface area contributed by atoms with Gasteiger partial charge in [0.2, 0.25) is 0 Å². The monoisotopic (exact) mass is 292 g/mol. The maximum Gasteiger partial charge on any atom is 0.270 e. The first-order chi connectivity index (χ1) is 10.8. The summed E-state index contributed by atoms with van der Waals surface area (Å²) in [4.78, 5) is 16.6. The summed E-state index contributed by atoms with van der Waals surface area (Å²) in [5.74, 6) is 0.587. The molecule has 0 spiro atoms. The van der Waals surface area contributed by atoms with Crippen LogP contribution in [0.15, 0.2) is 60.7 Å². The van der Waals surface area contributed by atoms with Gasteiger partial charge in [-0.05, 0) is 29.8 Å². The molecule has 2 aromatic carbocycles. The van der Waals surface area contributed by atoms with Crippen molar-refractivity contribution in [2.75, 3.05) is 7.11 Å². The van der Waals surface area contributed by atoms with Gasteiger partial charge in [-0.2, -0.15) is 0 Å². The second-order valence-electron chi connectivity index (χ2n) is 4.92. The highest BCUT2D eigenvalue weighted by atomic mass is 16.5. The topological polar surface area (TPSA) is 51.2 Å². The number of nitrogens with zero attached hydrogens (tertiary/aromatic N) is 1. The van der Waals surface area contributed by atoms with E-state index >= 15 is 0 Å². The minimum absolute atomic E-state index is 0.187. The molecule has 1 N–H and O–H groups in total. The van der Waals surface area contributed by atoms with Gasteiger partial charge < -0.3 is 10.1 Å². The number of carbonyl (C=O) groups excluding carboxylic acids is 1. The van der Waals surface area contributed by atoms with Gasteiger partial charge in [0, 0.05) is 11.9 Å². The maximum absolute atomic E-state index is 12.2. The first kappa shape index (κ1) is 14.1. The summed E-state index contributed by atoms with van der Waals surface area (Å²) in [5.41, 5.74) is 2.21. The molecule has 0 aliphatic carbocycles. The molecule has 0 unspecified atom stereocenters. The third-order valence-corrected chi connectivity index (χ3v) is 3.42. The van der Waals surface area contributed by atoms with Crippen molar-refractivity contribution >= 4 is 16.8 Å². The molecule has 0 atom stereocenters. The second kappa shape index (κ2) is 6.26. The van der Waals surface area contributed by atoms with Crippen LogP contribution in [0.1, 0.15) is 16.1 Å². The average Bonchev–Trinajstić information content (AvgIpc) is 2.59. The van der Waals surface area contributed by atoms with E-state index in [1.54, 1.807) is 13.2 Å². The molecular weight excluding hydrogens is 276 g/mol. The smallest absolute Gasteiger partial charge is 0.270 e. The molecule has 0 fully saturated rings. The van der Waals surface area contributed by atoms with Crippen molar-refractivity contribution in [2.45, 2.75) is 6.54 Å². The summed E-state index contributed by atoms with van der Waals surface area (Å²) < 4.78 is 5.17. The predicted molar refractivity (Wildman–Crippen MR) is 85.9 cm³/mol. The molecule has 1 aromatic heterocycles. The Hall–Kier alpha value is -2.88. The van der Waals surface area contributed by atoms with Crippen molar-refractivity contribution in [3.63, 3.8) is 0 Å². The molecule has 1 amide bonds. The van der Waals surface area contributed by atoms with Crippen LogP contribution in [0, 0.1) is 0 Å². The Kier molecular flexibility index (Phi) is 4.01. The van der Waals surface area contributed by atoms with Gasteiger partial charge >= 0.3 is 0 Å². The van der Waals surface area contributed by atoms with Crippen LogP contribution in [0.4, 0.5) is 0 Å². The lowest BCUT2D eigenvalue weighted by Crippen LogP contribution is -2.23. The fourth-order valence-corrected chi connectivity index (χ4v) is 2.25. The van der Waals surface area contributed by atoms with E-state index in [-0.39, 0.29) is 5.91 Å². The van der Waals surface area contributed by atoms with Crippen LogP contribution in [-0.2, 0) is 6.54 Å². The van der Waals surface area contributed by atoms with Gasteiger partial charge in [0.15, 0.2) is 0 Å². The first-order valence-electron chi connectivity index (χ1n) is 7.03. The summed E-state index contributed by atoms with van der Waals surface area (Å²) in [6.45, 7) is 0.435. The van der Waals surface area contributed by atoms with Crippen molar-refractivity contribution in [1.82, 2.24) is 10.3 Å². The number of ether oxygens (including phenoxy) is 1. The van der Waals surface area contributed by atoms with E-state index in [2.05, 4.69) is 10.3 Å². The van der Waals surface area contributed by atoms with Gasteiger partial charge in [-0.1, -0.05) is 36.4 Å². The van der Waals surface area contributed by atoms with Crippen LogP contribution in [0.2, 0.25) is 0 Å². The molecule has 0 saturated carbocycles. The molecule has 1 heterocycles. The van der Waals surface area contributed by atoms with Crippen molar-refractivity contribution < 1.29 is 9.53 Å². The van der Waals surface area contributed by atoms with E-state index in [1.807, 2.05) is 54.6 Å². The number of carbonyl (C=O) groups is 1. The molecular formula is C18H16N2O2. The molecule has 0 saturated heterocycles. The molecule has 22 heavy (non-hydrogen) atoms. The Labute approximate surface area is 128 Å². The van der Waals surface area contributed by atoms with Crippen LogP contribution < -0.4 is 10.1 Å². The molecule has 0 bridgehead atoms. The minimum atomic E-state index is -0.187. The lowest BCUT2D eigenvalue weighted by atomic mass is 10.2. The molecule has 110 valence electrons. The Balaban J connectivity index is 1.72. The molecule has 0 radical (unpaired) electrons. The van der Waals surface area contributed by atoms with E-state index in [0.29, 0.717) is 12.2 Å². The number of benzene rings is 2. The SMILES string of the molecule is COc1cccc(CNC(=O)c2ccc3ccccc3n2)c1. The molecule has 0 aliphatic rings. The van der Waals surface area contributed by atoms with Crippen LogP contribution in [0.5, 0.6) is 5.75 Å². The van der Waals surface area contributed by atoms with Crippen molar-refractivity contribution in [3.05, 3.63) is 71.9 Å². The lowest BCUT2D eigenvalue weighted by Gasteiger charge is -2.07. The second-order valence-corrected chi connectivity index (χ2v) is 4.92. The largest absolute Gasteiger partial charge is 0.497 e. The molecule has 4 heteroatoms.